The van der Waals surface area contributed by atoms with Gasteiger partial charge in [0.1, 0.15) is 12.4 Å². The number of carboxylic acid groups (broad SMARTS) is 1. The highest BCUT2D eigenvalue weighted by Gasteiger charge is 2.41. The van der Waals surface area contributed by atoms with Crippen molar-refractivity contribution in [2.75, 3.05) is 13.7 Å². The topological polar surface area (TPSA) is 76.1 Å². The van der Waals surface area contributed by atoms with Gasteiger partial charge in [-0.05, 0) is 53.9 Å². The summed E-state index contributed by atoms with van der Waals surface area (Å²) in [6.45, 7) is 1.25. The van der Waals surface area contributed by atoms with Crippen LogP contribution in [-0.4, -0.2) is 35.7 Å². The minimum atomic E-state index is -4.72. The number of carboxylic acids is 1. The number of hydrogen-bond acceptors (Lipinski definition) is 4. The Kier molecular flexibility index (Phi) is 8.60. The van der Waals surface area contributed by atoms with Crippen LogP contribution in [0.1, 0.15) is 29.2 Å². The SMILES string of the molecule is CCN(Cc1cc(C(F)(F)F)ccc1-c1cc(C(F)(F)C(=O)O)ccc1OC)C(=O)OCc1ccccc1. The molecule has 0 aliphatic heterocycles. The van der Waals surface area contributed by atoms with Gasteiger partial charge in [0.25, 0.3) is 0 Å². The van der Waals surface area contributed by atoms with E-state index in [0.717, 1.165) is 41.3 Å². The molecule has 0 aliphatic carbocycles. The Bertz CT molecular complexity index is 1290. The van der Waals surface area contributed by atoms with E-state index < -0.39 is 35.3 Å². The number of amides is 1. The van der Waals surface area contributed by atoms with Gasteiger partial charge in [0.05, 0.1) is 12.7 Å². The average molecular weight is 537 g/mol. The van der Waals surface area contributed by atoms with Crippen LogP contribution < -0.4 is 4.74 Å². The molecular formula is C27H24F5NO5. The van der Waals surface area contributed by atoms with Crippen LogP contribution in [0.3, 0.4) is 0 Å². The molecule has 0 aromatic heterocycles. The van der Waals surface area contributed by atoms with E-state index in [9.17, 15) is 31.5 Å². The summed E-state index contributed by atoms with van der Waals surface area (Å²) < 4.78 is 79.7. The zero-order chi connectivity index (χ0) is 28.1. The minimum absolute atomic E-state index is 0.0191. The number of carbonyl (C=O) groups excluding carboxylic acids is 1. The van der Waals surface area contributed by atoms with E-state index in [2.05, 4.69) is 0 Å². The van der Waals surface area contributed by atoms with Crippen molar-refractivity contribution in [2.24, 2.45) is 0 Å². The third-order valence-corrected chi connectivity index (χ3v) is 5.76. The fourth-order valence-corrected chi connectivity index (χ4v) is 3.72. The van der Waals surface area contributed by atoms with Gasteiger partial charge in [0.2, 0.25) is 0 Å². The average Bonchev–Trinajstić information content (AvgIpc) is 2.89. The molecular weight excluding hydrogens is 513 g/mol. The number of carbonyl (C=O) groups is 2. The van der Waals surface area contributed by atoms with Crippen LogP contribution in [0.2, 0.25) is 0 Å². The second-order valence-corrected chi connectivity index (χ2v) is 8.22. The van der Waals surface area contributed by atoms with Gasteiger partial charge in [0, 0.05) is 24.2 Å². The van der Waals surface area contributed by atoms with Gasteiger partial charge >= 0.3 is 24.2 Å². The molecule has 6 nitrogen and oxygen atoms in total. The molecule has 0 bridgehead atoms. The molecule has 0 fully saturated rings. The van der Waals surface area contributed by atoms with Gasteiger partial charge in [0.15, 0.2) is 0 Å². The predicted molar refractivity (Wildman–Crippen MR) is 128 cm³/mol. The molecule has 38 heavy (non-hydrogen) atoms. The summed E-state index contributed by atoms with van der Waals surface area (Å²) in [4.78, 5) is 25.0. The number of alkyl halides is 5. The van der Waals surface area contributed by atoms with Crippen LogP contribution >= 0.6 is 0 Å². The van der Waals surface area contributed by atoms with Gasteiger partial charge in [-0.3, -0.25) is 0 Å². The number of halogens is 5. The Morgan fingerprint density at radius 2 is 1.55 bits per heavy atom. The second-order valence-electron chi connectivity index (χ2n) is 8.22. The maximum absolute atomic E-state index is 14.3. The minimum Gasteiger partial charge on any atom is -0.496 e. The molecule has 3 rings (SSSR count). The quantitative estimate of drug-likeness (QED) is 0.307. The van der Waals surface area contributed by atoms with E-state index in [1.165, 1.54) is 7.11 Å². The zero-order valence-electron chi connectivity index (χ0n) is 20.4. The standard InChI is InChI=1S/C27H24F5NO5/c1-3-33(25(36)38-16-17-7-5-4-6-8-17)15-18-13-20(27(30,31)32)9-11-21(18)22-14-19(10-12-23(22)37-2)26(28,29)24(34)35/h4-14H,3,15-16H2,1-2H3,(H,34,35). The largest absolute Gasteiger partial charge is 0.496 e. The van der Waals surface area contributed by atoms with Crippen LogP contribution in [0.4, 0.5) is 26.7 Å². The number of hydrogen-bond donors (Lipinski definition) is 1. The number of benzene rings is 3. The van der Waals surface area contributed by atoms with Gasteiger partial charge in [-0.2, -0.15) is 22.0 Å². The van der Waals surface area contributed by atoms with Crippen LogP contribution in [0.15, 0.2) is 66.7 Å². The fraction of sp³-hybridized carbons (Fsp3) is 0.259. The first-order chi connectivity index (χ1) is 17.9. The number of methoxy groups -OCH3 is 1. The highest BCUT2D eigenvalue weighted by Crippen LogP contribution is 2.40. The summed E-state index contributed by atoms with van der Waals surface area (Å²) in [7, 11) is 1.23. The molecule has 3 aromatic rings. The molecule has 0 saturated heterocycles. The Morgan fingerprint density at radius 3 is 2.13 bits per heavy atom. The predicted octanol–water partition coefficient (Wildman–Crippen LogP) is 6.72. The third-order valence-electron chi connectivity index (χ3n) is 5.76. The lowest BCUT2D eigenvalue weighted by atomic mass is 9.93. The van der Waals surface area contributed by atoms with E-state index in [0.29, 0.717) is 5.56 Å². The van der Waals surface area contributed by atoms with E-state index in [4.69, 9.17) is 14.6 Å². The van der Waals surface area contributed by atoms with Crippen molar-refractivity contribution in [3.63, 3.8) is 0 Å². The summed E-state index contributed by atoms with van der Waals surface area (Å²) in [5.41, 5.74) is -1.25. The van der Waals surface area contributed by atoms with Crippen molar-refractivity contribution in [3.8, 4) is 16.9 Å². The Hall–Kier alpha value is -4.15. The number of nitrogens with zero attached hydrogens (tertiary/aromatic N) is 1. The van der Waals surface area contributed by atoms with Crippen molar-refractivity contribution >= 4 is 12.1 Å². The Morgan fingerprint density at radius 1 is 0.895 bits per heavy atom. The van der Waals surface area contributed by atoms with Crippen LogP contribution in [0.5, 0.6) is 5.75 Å². The number of ether oxygens (including phenoxy) is 2. The molecule has 11 heteroatoms. The first kappa shape index (κ1) is 28.4. The molecule has 3 aromatic carbocycles. The Balaban J connectivity index is 2.05. The maximum Gasteiger partial charge on any atom is 0.416 e. The maximum atomic E-state index is 14.3. The summed E-state index contributed by atoms with van der Waals surface area (Å²) in [6, 6.07) is 14.2. The lowest BCUT2D eigenvalue weighted by molar-refractivity contribution is -0.166. The number of rotatable bonds is 9. The van der Waals surface area contributed by atoms with Crippen molar-refractivity contribution in [1.82, 2.24) is 4.90 Å². The van der Waals surface area contributed by atoms with E-state index in [1.54, 1.807) is 37.3 Å². The molecule has 0 unspecified atom stereocenters. The summed E-state index contributed by atoms with van der Waals surface area (Å²) in [5.74, 6) is -6.63. The van der Waals surface area contributed by atoms with Crippen molar-refractivity contribution in [1.29, 1.82) is 0 Å². The van der Waals surface area contributed by atoms with Crippen LogP contribution in [0, 0.1) is 0 Å². The van der Waals surface area contributed by atoms with E-state index in [1.807, 2.05) is 0 Å². The second kappa shape index (κ2) is 11.5. The summed E-state index contributed by atoms with van der Waals surface area (Å²) in [5, 5.41) is 8.94. The summed E-state index contributed by atoms with van der Waals surface area (Å²) >= 11 is 0. The fourth-order valence-electron chi connectivity index (χ4n) is 3.72. The molecule has 0 atom stereocenters. The highest BCUT2D eigenvalue weighted by molar-refractivity contribution is 5.81. The van der Waals surface area contributed by atoms with E-state index >= 15 is 0 Å². The molecule has 1 N–H and O–H groups in total. The molecule has 0 radical (unpaired) electrons. The molecule has 0 spiro atoms. The molecule has 1 amide bonds. The number of aliphatic carboxylic acids is 1. The van der Waals surface area contributed by atoms with Gasteiger partial charge in [-0.15, -0.1) is 0 Å². The lowest BCUT2D eigenvalue weighted by Gasteiger charge is -2.24. The van der Waals surface area contributed by atoms with Gasteiger partial charge < -0.3 is 19.5 Å². The Labute approximate surface area is 215 Å². The molecule has 0 heterocycles. The van der Waals surface area contributed by atoms with E-state index in [-0.39, 0.29) is 42.1 Å². The lowest BCUT2D eigenvalue weighted by Crippen LogP contribution is -2.31. The highest BCUT2D eigenvalue weighted by atomic mass is 19.4. The van der Waals surface area contributed by atoms with Crippen molar-refractivity contribution < 1.29 is 46.1 Å². The molecule has 202 valence electrons. The molecule has 0 saturated carbocycles. The third kappa shape index (κ3) is 6.39. The monoisotopic (exact) mass is 537 g/mol. The van der Waals surface area contributed by atoms with Gasteiger partial charge in [-0.25, -0.2) is 9.59 Å². The first-order valence-corrected chi connectivity index (χ1v) is 11.3. The van der Waals surface area contributed by atoms with Crippen molar-refractivity contribution in [2.45, 2.75) is 32.2 Å². The zero-order valence-corrected chi connectivity index (χ0v) is 20.4. The molecule has 0 aliphatic rings. The van der Waals surface area contributed by atoms with Crippen molar-refractivity contribution in [3.05, 3.63) is 89.0 Å². The van der Waals surface area contributed by atoms with Gasteiger partial charge in [-0.1, -0.05) is 36.4 Å². The summed E-state index contributed by atoms with van der Waals surface area (Å²) in [6.07, 6.45) is -5.52. The van der Waals surface area contributed by atoms with Crippen LogP contribution in [0.25, 0.3) is 11.1 Å². The smallest absolute Gasteiger partial charge is 0.416 e. The normalized spacial score (nSPS) is 11.7. The first-order valence-electron chi connectivity index (χ1n) is 11.3. The van der Waals surface area contributed by atoms with Crippen LogP contribution in [-0.2, 0) is 34.8 Å².